The molecule has 1 aromatic heterocycles. The fourth-order valence-corrected chi connectivity index (χ4v) is 3.70. The van der Waals surface area contributed by atoms with Gasteiger partial charge in [0, 0.05) is 20.0 Å². The zero-order valence-corrected chi connectivity index (χ0v) is 15.4. The lowest BCUT2D eigenvalue weighted by Crippen LogP contribution is -1.99. The lowest BCUT2D eigenvalue weighted by Gasteiger charge is -2.06. The summed E-state index contributed by atoms with van der Waals surface area (Å²) in [5.41, 5.74) is 10.6. The Kier molecular flexibility index (Phi) is 5.01. The number of rotatable bonds is 5. The van der Waals surface area contributed by atoms with Crippen LogP contribution in [0.25, 0.3) is 22.2 Å². The van der Waals surface area contributed by atoms with Gasteiger partial charge in [0.15, 0.2) is 0 Å². The summed E-state index contributed by atoms with van der Waals surface area (Å²) in [6.45, 7) is 0.748. The van der Waals surface area contributed by atoms with Crippen LogP contribution in [0, 0.1) is 0 Å². The molecule has 114 valence electrons. The zero-order chi connectivity index (χ0) is 15.5. The van der Waals surface area contributed by atoms with E-state index in [4.69, 9.17) is 5.73 Å². The predicted octanol–water partition coefficient (Wildman–Crippen LogP) is 5.64. The molecule has 0 aliphatic rings. The lowest BCUT2D eigenvalue weighted by molar-refractivity contribution is 0.748. The largest absolute Gasteiger partial charge is 0.353 e. The highest BCUT2D eigenvalue weighted by molar-refractivity contribution is 9.11. The van der Waals surface area contributed by atoms with Gasteiger partial charge >= 0.3 is 0 Å². The topological polar surface area (TPSA) is 41.8 Å². The van der Waals surface area contributed by atoms with Crippen molar-refractivity contribution in [2.24, 2.45) is 5.73 Å². The van der Waals surface area contributed by atoms with E-state index in [1.54, 1.807) is 0 Å². The number of nitrogens with one attached hydrogen (secondary N) is 1. The Hall–Kier alpha value is -1.10. The average molecular weight is 422 g/mol. The molecule has 4 heteroatoms. The number of hydrogen-bond acceptors (Lipinski definition) is 1. The average Bonchev–Trinajstić information content (AvgIpc) is 2.88. The van der Waals surface area contributed by atoms with Gasteiger partial charge in [-0.2, -0.15) is 0 Å². The van der Waals surface area contributed by atoms with Gasteiger partial charge in [-0.15, -0.1) is 0 Å². The molecule has 0 spiro atoms. The first-order chi connectivity index (χ1) is 10.7. The van der Waals surface area contributed by atoms with Crippen LogP contribution in [-0.4, -0.2) is 11.5 Å². The van der Waals surface area contributed by atoms with E-state index in [2.05, 4.69) is 79.3 Å². The highest BCUT2D eigenvalue weighted by Crippen LogP contribution is 2.35. The van der Waals surface area contributed by atoms with Crippen molar-refractivity contribution in [1.82, 2.24) is 4.98 Å². The quantitative estimate of drug-likeness (QED) is 0.514. The van der Waals surface area contributed by atoms with Gasteiger partial charge in [0.25, 0.3) is 0 Å². The number of aromatic amines is 1. The van der Waals surface area contributed by atoms with E-state index < -0.39 is 0 Å². The van der Waals surface area contributed by atoms with Gasteiger partial charge in [-0.25, -0.2) is 0 Å². The number of hydrogen-bond donors (Lipinski definition) is 2. The number of benzene rings is 2. The number of aromatic nitrogens is 1. The minimum absolute atomic E-state index is 0.748. The molecule has 0 unspecified atom stereocenters. The van der Waals surface area contributed by atoms with Crippen LogP contribution in [0.15, 0.2) is 51.4 Å². The van der Waals surface area contributed by atoms with E-state index in [0.29, 0.717) is 0 Å². The molecule has 0 saturated carbocycles. The minimum Gasteiger partial charge on any atom is -0.353 e. The van der Waals surface area contributed by atoms with Crippen LogP contribution in [0.3, 0.4) is 0 Å². The summed E-state index contributed by atoms with van der Waals surface area (Å²) in [5.74, 6) is 0. The normalized spacial score (nSPS) is 11.2. The number of unbranched alkanes of at least 4 members (excludes halogenated alkanes) is 1. The summed E-state index contributed by atoms with van der Waals surface area (Å²) in [4.78, 5) is 3.60. The maximum Gasteiger partial charge on any atom is 0.0606 e. The third-order valence-corrected chi connectivity index (χ3v) is 5.04. The summed E-state index contributed by atoms with van der Waals surface area (Å²) in [6.07, 6.45) is 3.20. The predicted molar refractivity (Wildman–Crippen MR) is 101 cm³/mol. The smallest absolute Gasteiger partial charge is 0.0606 e. The number of para-hydroxylation sites is 1. The molecule has 0 fully saturated rings. The Labute approximate surface area is 147 Å². The maximum absolute atomic E-state index is 5.65. The summed E-state index contributed by atoms with van der Waals surface area (Å²) in [6, 6.07) is 14.8. The van der Waals surface area contributed by atoms with Crippen LogP contribution >= 0.6 is 31.9 Å². The van der Waals surface area contributed by atoms with Crippen LogP contribution in [0.5, 0.6) is 0 Å². The molecule has 0 bridgehead atoms. The van der Waals surface area contributed by atoms with Gasteiger partial charge in [-0.05, 0) is 71.1 Å². The molecule has 0 atom stereocenters. The van der Waals surface area contributed by atoms with Gasteiger partial charge in [0.05, 0.1) is 5.52 Å². The second kappa shape index (κ2) is 6.99. The molecule has 0 radical (unpaired) electrons. The number of fused-ring (bicyclic) bond motifs is 1. The Morgan fingerprint density at radius 2 is 1.82 bits per heavy atom. The SMILES string of the molecule is NCCCCc1c(-c2cccc(Br)c2)[nH]c2c(Br)cccc12. The Bertz CT molecular complexity index is 793. The Morgan fingerprint density at radius 1 is 1.00 bits per heavy atom. The van der Waals surface area contributed by atoms with E-state index in [1.807, 2.05) is 0 Å². The number of halogens is 2. The molecular weight excluding hydrogens is 404 g/mol. The first-order valence-corrected chi connectivity index (χ1v) is 9.04. The van der Waals surface area contributed by atoms with Crippen molar-refractivity contribution in [3.63, 3.8) is 0 Å². The van der Waals surface area contributed by atoms with Crippen LogP contribution in [0.2, 0.25) is 0 Å². The Balaban J connectivity index is 2.15. The molecule has 2 nitrogen and oxygen atoms in total. The first kappa shape index (κ1) is 15.8. The van der Waals surface area contributed by atoms with Gasteiger partial charge in [0.2, 0.25) is 0 Å². The monoisotopic (exact) mass is 420 g/mol. The number of aryl methyl sites for hydroxylation is 1. The van der Waals surface area contributed by atoms with E-state index in [0.717, 1.165) is 34.8 Å². The summed E-state index contributed by atoms with van der Waals surface area (Å²) < 4.78 is 2.20. The highest BCUT2D eigenvalue weighted by Gasteiger charge is 2.14. The molecular formula is C18H18Br2N2. The van der Waals surface area contributed by atoms with Gasteiger partial charge in [0.1, 0.15) is 0 Å². The standard InChI is InChI=1S/C18H18Br2N2/c19-13-6-3-5-12(11-13)17-14(7-1-2-10-21)15-8-4-9-16(20)18(15)22-17/h3-6,8-9,11,22H,1-2,7,10,21H2. The van der Waals surface area contributed by atoms with Crippen molar-refractivity contribution in [3.05, 3.63) is 57.0 Å². The summed E-state index contributed by atoms with van der Waals surface area (Å²) in [7, 11) is 0. The van der Waals surface area contributed by atoms with Gasteiger partial charge in [-0.3, -0.25) is 0 Å². The first-order valence-electron chi connectivity index (χ1n) is 7.46. The fraction of sp³-hybridized carbons (Fsp3) is 0.222. The van der Waals surface area contributed by atoms with Crippen molar-refractivity contribution < 1.29 is 0 Å². The highest BCUT2D eigenvalue weighted by atomic mass is 79.9. The molecule has 2 aromatic carbocycles. The molecule has 22 heavy (non-hydrogen) atoms. The molecule has 3 aromatic rings. The molecule has 0 amide bonds. The second-order valence-corrected chi connectivity index (χ2v) is 7.17. The van der Waals surface area contributed by atoms with Crippen LogP contribution in [0.1, 0.15) is 18.4 Å². The molecule has 3 rings (SSSR count). The van der Waals surface area contributed by atoms with Crippen LogP contribution in [0.4, 0.5) is 0 Å². The van der Waals surface area contributed by atoms with E-state index in [9.17, 15) is 0 Å². The molecule has 0 aliphatic heterocycles. The third-order valence-electron chi connectivity index (χ3n) is 3.88. The maximum atomic E-state index is 5.65. The molecule has 0 saturated heterocycles. The lowest BCUT2D eigenvalue weighted by atomic mass is 10.0. The van der Waals surface area contributed by atoms with E-state index in [-0.39, 0.29) is 0 Å². The van der Waals surface area contributed by atoms with Crippen molar-refractivity contribution in [2.75, 3.05) is 6.54 Å². The van der Waals surface area contributed by atoms with Crippen LogP contribution in [-0.2, 0) is 6.42 Å². The van der Waals surface area contributed by atoms with E-state index in [1.165, 1.54) is 27.7 Å². The fourth-order valence-electron chi connectivity index (χ4n) is 2.83. The zero-order valence-electron chi connectivity index (χ0n) is 12.2. The van der Waals surface area contributed by atoms with Crippen molar-refractivity contribution in [1.29, 1.82) is 0 Å². The van der Waals surface area contributed by atoms with Gasteiger partial charge in [-0.1, -0.05) is 40.2 Å². The third kappa shape index (κ3) is 3.14. The van der Waals surface area contributed by atoms with Crippen molar-refractivity contribution in [3.8, 4) is 11.3 Å². The second-order valence-electron chi connectivity index (χ2n) is 5.40. The van der Waals surface area contributed by atoms with E-state index >= 15 is 0 Å². The molecule has 3 N–H and O–H groups in total. The molecule has 0 aliphatic carbocycles. The molecule has 1 heterocycles. The Morgan fingerprint density at radius 3 is 2.59 bits per heavy atom. The summed E-state index contributed by atoms with van der Waals surface area (Å²) >= 11 is 7.22. The van der Waals surface area contributed by atoms with Crippen molar-refractivity contribution >= 4 is 42.8 Å². The number of H-pyrrole nitrogens is 1. The number of nitrogens with two attached hydrogens (primary N) is 1. The minimum atomic E-state index is 0.748. The van der Waals surface area contributed by atoms with Gasteiger partial charge < -0.3 is 10.7 Å². The van der Waals surface area contributed by atoms with Crippen molar-refractivity contribution in [2.45, 2.75) is 19.3 Å². The summed E-state index contributed by atoms with van der Waals surface area (Å²) in [5, 5.41) is 1.29. The van der Waals surface area contributed by atoms with Crippen LogP contribution < -0.4 is 5.73 Å².